The van der Waals surface area contributed by atoms with Crippen LogP contribution < -0.4 is 11.1 Å². The van der Waals surface area contributed by atoms with E-state index in [1.165, 1.54) is 5.56 Å². The van der Waals surface area contributed by atoms with Gasteiger partial charge >= 0.3 is 0 Å². The van der Waals surface area contributed by atoms with Crippen LogP contribution in [0.2, 0.25) is 0 Å². The van der Waals surface area contributed by atoms with E-state index in [9.17, 15) is 0 Å². The molecular weight excluding hydrogens is 204 g/mol. The van der Waals surface area contributed by atoms with Crippen LogP contribution in [0.15, 0.2) is 28.8 Å². The summed E-state index contributed by atoms with van der Waals surface area (Å²) in [5, 5.41) is 6.78. The number of anilines is 2. The zero-order valence-corrected chi connectivity index (χ0v) is 9.10. The molecule has 16 heavy (non-hydrogen) atoms. The quantitative estimate of drug-likeness (QED) is 0.815. The monoisotopic (exact) mass is 218 g/mol. The average Bonchev–Trinajstić information content (AvgIpc) is 2.67. The number of hydrogen-bond donors (Lipinski definition) is 2. The molecule has 84 valence electrons. The van der Waals surface area contributed by atoms with E-state index in [2.05, 4.69) is 34.5 Å². The summed E-state index contributed by atoms with van der Waals surface area (Å²) >= 11 is 0. The van der Waals surface area contributed by atoms with Crippen molar-refractivity contribution in [3.05, 3.63) is 35.7 Å². The van der Waals surface area contributed by atoms with E-state index in [0.717, 1.165) is 12.2 Å². The van der Waals surface area contributed by atoms with Gasteiger partial charge in [-0.1, -0.05) is 17.7 Å². The highest BCUT2D eigenvalue weighted by Crippen LogP contribution is 2.08. The van der Waals surface area contributed by atoms with Crippen molar-refractivity contribution < 1.29 is 4.52 Å². The van der Waals surface area contributed by atoms with Crippen LogP contribution in [0.4, 0.5) is 11.6 Å². The van der Waals surface area contributed by atoms with Crippen LogP contribution >= 0.6 is 0 Å². The topological polar surface area (TPSA) is 77.0 Å². The Morgan fingerprint density at radius 3 is 2.69 bits per heavy atom. The first-order valence-electron chi connectivity index (χ1n) is 5.12. The Morgan fingerprint density at radius 2 is 2.06 bits per heavy atom. The molecule has 0 unspecified atom stereocenters. The fraction of sp³-hybridized carbons (Fsp3) is 0.273. The zero-order valence-electron chi connectivity index (χ0n) is 9.10. The van der Waals surface area contributed by atoms with E-state index in [0.29, 0.717) is 12.3 Å². The first-order chi connectivity index (χ1) is 7.74. The molecule has 1 aromatic heterocycles. The third-order valence-corrected chi connectivity index (χ3v) is 2.20. The molecular formula is C11H14N4O. The largest absolute Gasteiger partial charge is 0.385 e. The SMILES string of the molecule is Cc1ccc(NCCc2nc(N)no2)cc1. The molecule has 0 aliphatic carbocycles. The van der Waals surface area contributed by atoms with Crippen LogP contribution in [0.5, 0.6) is 0 Å². The molecule has 0 saturated heterocycles. The molecule has 0 radical (unpaired) electrons. The summed E-state index contributed by atoms with van der Waals surface area (Å²) in [6.45, 7) is 2.80. The third-order valence-electron chi connectivity index (χ3n) is 2.20. The van der Waals surface area contributed by atoms with E-state index in [-0.39, 0.29) is 5.95 Å². The molecule has 5 nitrogen and oxygen atoms in total. The minimum absolute atomic E-state index is 0.185. The molecule has 5 heteroatoms. The highest BCUT2D eigenvalue weighted by atomic mass is 16.5. The van der Waals surface area contributed by atoms with Crippen molar-refractivity contribution in [1.82, 2.24) is 10.1 Å². The Bertz CT molecular complexity index is 449. The Hall–Kier alpha value is -2.04. The summed E-state index contributed by atoms with van der Waals surface area (Å²) < 4.78 is 4.90. The van der Waals surface area contributed by atoms with Crippen LogP contribution in [-0.4, -0.2) is 16.7 Å². The molecule has 2 aromatic rings. The van der Waals surface area contributed by atoms with Gasteiger partial charge in [0.2, 0.25) is 5.89 Å². The molecule has 0 amide bonds. The van der Waals surface area contributed by atoms with Crippen molar-refractivity contribution in [2.45, 2.75) is 13.3 Å². The smallest absolute Gasteiger partial charge is 0.260 e. The highest BCUT2D eigenvalue weighted by Gasteiger charge is 2.01. The van der Waals surface area contributed by atoms with Gasteiger partial charge in [0.05, 0.1) is 0 Å². The Morgan fingerprint density at radius 1 is 1.31 bits per heavy atom. The fourth-order valence-electron chi connectivity index (χ4n) is 1.35. The summed E-state index contributed by atoms with van der Waals surface area (Å²) in [5.41, 5.74) is 7.67. The molecule has 0 spiro atoms. The molecule has 0 bridgehead atoms. The summed E-state index contributed by atoms with van der Waals surface area (Å²) in [7, 11) is 0. The molecule has 0 atom stereocenters. The van der Waals surface area contributed by atoms with Crippen LogP contribution in [0.3, 0.4) is 0 Å². The van der Waals surface area contributed by atoms with Gasteiger partial charge in [0.15, 0.2) is 0 Å². The minimum atomic E-state index is 0.185. The zero-order chi connectivity index (χ0) is 11.4. The molecule has 0 fully saturated rings. The molecule has 0 aliphatic rings. The van der Waals surface area contributed by atoms with Crippen LogP contribution in [-0.2, 0) is 6.42 Å². The minimum Gasteiger partial charge on any atom is -0.385 e. The summed E-state index contributed by atoms with van der Waals surface area (Å²) in [6, 6.07) is 8.20. The molecule has 1 aromatic carbocycles. The molecule has 1 heterocycles. The van der Waals surface area contributed by atoms with Crippen molar-refractivity contribution in [2.24, 2.45) is 0 Å². The van der Waals surface area contributed by atoms with E-state index in [4.69, 9.17) is 10.3 Å². The number of aryl methyl sites for hydroxylation is 1. The lowest BCUT2D eigenvalue weighted by Crippen LogP contribution is -2.05. The lowest BCUT2D eigenvalue weighted by molar-refractivity contribution is 0.381. The first kappa shape index (κ1) is 10.5. The predicted octanol–water partition coefficient (Wildman–Crippen LogP) is 1.61. The van der Waals surface area contributed by atoms with Gasteiger partial charge in [0.1, 0.15) is 0 Å². The van der Waals surface area contributed by atoms with Crippen LogP contribution in [0, 0.1) is 6.92 Å². The average molecular weight is 218 g/mol. The van der Waals surface area contributed by atoms with E-state index in [1.54, 1.807) is 0 Å². The lowest BCUT2D eigenvalue weighted by Gasteiger charge is -2.04. The van der Waals surface area contributed by atoms with Gasteiger partial charge in [0.25, 0.3) is 5.95 Å². The van der Waals surface area contributed by atoms with Gasteiger partial charge in [0, 0.05) is 18.7 Å². The maximum Gasteiger partial charge on any atom is 0.260 e. The number of benzene rings is 1. The summed E-state index contributed by atoms with van der Waals surface area (Å²) in [4.78, 5) is 3.92. The third kappa shape index (κ3) is 2.73. The van der Waals surface area contributed by atoms with Crippen molar-refractivity contribution in [1.29, 1.82) is 0 Å². The molecule has 3 N–H and O–H groups in total. The van der Waals surface area contributed by atoms with E-state index in [1.807, 2.05) is 12.1 Å². The Balaban J connectivity index is 1.82. The predicted molar refractivity (Wildman–Crippen MR) is 62.1 cm³/mol. The number of nitrogens with one attached hydrogen (secondary N) is 1. The highest BCUT2D eigenvalue weighted by molar-refractivity contribution is 5.44. The van der Waals surface area contributed by atoms with Crippen LogP contribution in [0.1, 0.15) is 11.5 Å². The molecule has 0 saturated carbocycles. The molecule has 0 aliphatic heterocycles. The number of nitrogens with zero attached hydrogens (tertiary/aromatic N) is 2. The number of nitrogen functional groups attached to an aromatic ring is 1. The van der Waals surface area contributed by atoms with Gasteiger partial charge < -0.3 is 15.6 Å². The number of rotatable bonds is 4. The number of nitrogens with two attached hydrogens (primary N) is 1. The van der Waals surface area contributed by atoms with Gasteiger partial charge in [-0.25, -0.2) is 0 Å². The van der Waals surface area contributed by atoms with Gasteiger partial charge in [-0.2, -0.15) is 4.98 Å². The van der Waals surface area contributed by atoms with Crippen molar-refractivity contribution in [3.63, 3.8) is 0 Å². The fourth-order valence-corrected chi connectivity index (χ4v) is 1.35. The Labute approximate surface area is 93.7 Å². The summed E-state index contributed by atoms with van der Waals surface area (Å²) in [6.07, 6.45) is 0.665. The second-order valence-electron chi connectivity index (χ2n) is 3.59. The van der Waals surface area contributed by atoms with E-state index < -0.39 is 0 Å². The summed E-state index contributed by atoms with van der Waals surface area (Å²) in [5.74, 6) is 0.738. The molecule has 2 rings (SSSR count). The van der Waals surface area contributed by atoms with Gasteiger partial charge in [-0.05, 0) is 24.2 Å². The maximum absolute atomic E-state index is 5.34. The Kier molecular flexibility index (Phi) is 3.05. The second-order valence-corrected chi connectivity index (χ2v) is 3.59. The van der Waals surface area contributed by atoms with Gasteiger partial charge in [-0.3, -0.25) is 0 Å². The van der Waals surface area contributed by atoms with Crippen molar-refractivity contribution >= 4 is 11.6 Å². The first-order valence-corrected chi connectivity index (χ1v) is 5.12. The lowest BCUT2D eigenvalue weighted by atomic mass is 10.2. The van der Waals surface area contributed by atoms with Crippen molar-refractivity contribution in [3.8, 4) is 0 Å². The van der Waals surface area contributed by atoms with Crippen LogP contribution in [0.25, 0.3) is 0 Å². The second kappa shape index (κ2) is 4.65. The maximum atomic E-state index is 5.34. The number of hydrogen-bond acceptors (Lipinski definition) is 5. The van der Waals surface area contributed by atoms with E-state index >= 15 is 0 Å². The number of aromatic nitrogens is 2. The van der Waals surface area contributed by atoms with Gasteiger partial charge in [-0.15, -0.1) is 0 Å². The standard InChI is InChI=1S/C11H14N4O/c1-8-2-4-9(5-3-8)13-7-6-10-14-11(12)15-16-10/h2-5,13H,6-7H2,1H3,(H2,12,15). The van der Waals surface area contributed by atoms with Crippen molar-refractivity contribution in [2.75, 3.05) is 17.6 Å². The normalized spacial score (nSPS) is 10.3.